The van der Waals surface area contributed by atoms with Gasteiger partial charge in [-0.05, 0) is 45.3 Å². The highest BCUT2D eigenvalue weighted by molar-refractivity contribution is 7.09. The highest BCUT2D eigenvalue weighted by Crippen LogP contribution is 2.19. The highest BCUT2D eigenvalue weighted by Gasteiger charge is 2.19. The van der Waals surface area contributed by atoms with Gasteiger partial charge in [-0.25, -0.2) is 4.98 Å². The van der Waals surface area contributed by atoms with Crippen LogP contribution in [0.25, 0.3) is 0 Å². The van der Waals surface area contributed by atoms with Gasteiger partial charge in [-0.3, -0.25) is 4.90 Å². The van der Waals surface area contributed by atoms with Crippen LogP contribution in [0.3, 0.4) is 0 Å². The zero-order valence-corrected chi connectivity index (χ0v) is 12.6. The van der Waals surface area contributed by atoms with Crippen LogP contribution in [0.4, 0.5) is 0 Å². The number of thiazole rings is 1. The van der Waals surface area contributed by atoms with Gasteiger partial charge in [-0.2, -0.15) is 0 Å². The first kappa shape index (κ1) is 14.0. The summed E-state index contributed by atoms with van der Waals surface area (Å²) in [5, 5.41) is 6.97. The van der Waals surface area contributed by atoms with Crippen molar-refractivity contribution in [2.75, 3.05) is 19.6 Å². The van der Waals surface area contributed by atoms with Gasteiger partial charge in [0.1, 0.15) is 5.01 Å². The molecule has 102 valence electrons. The van der Waals surface area contributed by atoms with E-state index in [1.807, 2.05) is 0 Å². The van der Waals surface area contributed by atoms with Crippen molar-refractivity contribution in [3.8, 4) is 0 Å². The predicted molar refractivity (Wildman–Crippen MR) is 78.0 cm³/mol. The number of aryl methyl sites for hydroxylation is 1. The Kier molecular flexibility index (Phi) is 5.15. The molecule has 1 aromatic heterocycles. The number of aromatic nitrogens is 1. The zero-order chi connectivity index (χ0) is 13.0. The second-order valence-corrected chi connectivity index (χ2v) is 6.61. The van der Waals surface area contributed by atoms with Gasteiger partial charge in [-0.1, -0.05) is 13.8 Å². The molecule has 0 aliphatic carbocycles. The van der Waals surface area contributed by atoms with Gasteiger partial charge in [0, 0.05) is 17.1 Å². The minimum Gasteiger partial charge on any atom is -0.314 e. The molecule has 0 bridgehead atoms. The molecule has 1 aliphatic rings. The van der Waals surface area contributed by atoms with Crippen molar-refractivity contribution >= 4 is 11.3 Å². The molecule has 1 aliphatic heterocycles. The van der Waals surface area contributed by atoms with Crippen LogP contribution in [0.1, 0.15) is 37.4 Å². The van der Waals surface area contributed by atoms with Gasteiger partial charge >= 0.3 is 0 Å². The van der Waals surface area contributed by atoms with Crippen LogP contribution in [0, 0.1) is 12.8 Å². The van der Waals surface area contributed by atoms with E-state index >= 15 is 0 Å². The standard InChI is InChI=1S/C14H25N3S/c1-11(2)15-8-13-4-6-17(7-5-13)9-14-16-12(3)10-18-14/h10-11,13,15H,4-9H2,1-3H3. The molecule has 4 heteroatoms. The molecule has 2 rings (SSSR count). The van der Waals surface area contributed by atoms with E-state index in [0.717, 1.165) is 18.2 Å². The van der Waals surface area contributed by atoms with Crippen molar-refractivity contribution in [2.24, 2.45) is 5.92 Å². The molecule has 0 saturated carbocycles. The fourth-order valence-corrected chi connectivity index (χ4v) is 3.23. The molecule has 0 radical (unpaired) electrons. The van der Waals surface area contributed by atoms with Crippen molar-refractivity contribution < 1.29 is 0 Å². The summed E-state index contributed by atoms with van der Waals surface area (Å²) in [5.41, 5.74) is 1.16. The summed E-state index contributed by atoms with van der Waals surface area (Å²) >= 11 is 1.79. The Morgan fingerprint density at radius 3 is 2.72 bits per heavy atom. The van der Waals surface area contributed by atoms with E-state index < -0.39 is 0 Å². The van der Waals surface area contributed by atoms with Crippen LogP contribution >= 0.6 is 11.3 Å². The average molecular weight is 267 g/mol. The number of nitrogens with one attached hydrogen (secondary N) is 1. The molecule has 1 fully saturated rings. The molecule has 1 N–H and O–H groups in total. The molecule has 3 nitrogen and oxygen atoms in total. The predicted octanol–water partition coefficient (Wildman–Crippen LogP) is 2.66. The number of hydrogen-bond acceptors (Lipinski definition) is 4. The van der Waals surface area contributed by atoms with E-state index in [-0.39, 0.29) is 0 Å². The molecule has 18 heavy (non-hydrogen) atoms. The smallest absolute Gasteiger partial charge is 0.107 e. The first-order chi connectivity index (χ1) is 8.63. The normalized spacial score (nSPS) is 18.7. The van der Waals surface area contributed by atoms with Crippen LogP contribution in [-0.2, 0) is 6.54 Å². The van der Waals surface area contributed by atoms with Gasteiger partial charge in [0.05, 0.1) is 6.54 Å². The van der Waals surface area contributed by atoms with Crippen molar-refractivity contribution in [2.45, 2.75) is 46.2 Å². The number of nitrogens with zero attached hydrogens (tertiary/aromatic N) is 2. The molecule has 0 spiro atoms. The van der Waals surface area contributed by atoms with Crippen LogP contribution in [-0.4, -0.2) is 35.6 Å². The number of rotatable bonds is 5. The molecule has 0 aromatic carbocycles. The van der Waals surface area contributed by atoms with Gasteiger partial charge in [0.15, 0.2) is 0 Å². The topological polar surface area (TPSA) is 28.2 Å². The first-order valence-electron chi connectivity index (χ1n) is 7.00. The lowest BCUT2D eigenvalue weighted by atomic mass is 9.96. The van der Waals surface area contributed by atoms with Crippen LogP contribution in [0.15, 0.2) is 5.38 Å². The van der Waals surface area contributed by atoms with Gasteiger partial charge < -0.3 is 5.32 Å². The summed E-state index contributed by atoms with van der Waals surface area (Å²) < 4.78 is 0. The van der Waals surface area contributed by atoms with E-state index in [9.17, 15) is 0 Å². The van der Waals surface area contributed by atoms with Crippen molar-refractivity contribution in [3.63, 3.8) is 0 Å². The Bertz CT molecular complexity index is 354. The Labute approximate surface area is 115 Å². The Hall–Kier alpha value is -0.450. The first-order valence-corrected chi connectivity index (χ1v) is 7.88. The molecule has 0 amide bonds. The van der Waals surface area contributed by atoms with Crippen LogP contribution in [0.2, 0.25) is 0 Å². The monoisotopic (exact) mass is 267 g/mol. The average Bonchev–Trinajstić information content (AvgIpc) is 2.74. The zero-order valence-electron chi connectivity index (χ0n) is 11.8. The van der Waals surface area contributed by atoms with Crippen LogP contribution < -0.4 is 5.32 Å². The van der Waals surface area contributed by atoms with Gasteiger partial charge in [0.2, 0.25) is 0 Å². The second-order valence-electron chi connectivity index (χ2n) is 5.67. The summed E-state index contributed by atoms with van der Waals surface area (Å²) in [7, 11) is 0. The molecule has 1 saturated heterocycles. The Morgan fingerprint density at radius 2 is 2.17 bits per heavy atom. The summed E-state index contributed by atoms with van der Waals surface area (Å²) in [6.45, 7) is 11.2. The summed E-state index contributed by atoms with van der Waals surface area (Å²) in [4.78, 5) is 7.09. The SMILES string of the molecule is Cc1csc(CN2CCC(CNC(C)C)CC2)n1. The van der Waals surface area contributed by atoms with E-state index in [2.05, 4.69) is 41.4 Å². The van der Waals surface area contributed by atoms with Gasteiger partial charge in [0.25, 0.3) is 0 Å². The molecule has 0 atom stereocenters. The highest BCUT2D eigenvalue weighted by atomic mass is 32.1. The van der Waals surface area contributed by atoms with E-state index in [0.29, 0.717) is 6.04 Å². The maximum absolute atomic E-state index is 4.55. The number of hydrogen-bond donors (Lipinski definition) is 1. The van der Waals surface area contributed by atoms with E-state index in [1.54, 1.807) is 11.3 Å². The lowest BCUT2D eigenvalue weighted by molar-refractivity contribution is 0.174. The largest absolute Gasteiger partial charge is 0.314 e. The summed E-state index contributed by atoms with van der Waals surface area (Å²) in [6, 6.07) is 0.612. The quantitative estimate of drug-likeness (QED) is 0.889. The summed E-state index contributed by atoms with van der Waals surface area (Å²) in [5.74, 6) is 0.863. The molecular formula is C14H25N3S. The minimum atomic E-state index is 0.612. The van der Waals surface area contributed by atoms with E-state index in [1.165, 1.54) is 37.5 Å². The third kappa shape index (κ3) is 4.34. The molecule has 1 aromatic rings. The molecular weight excluding hydrogens is 242 g/mol. The van der Waals surface area contributed by atoms with Crippen molar-refractivity contribution in [3.05, 3.63) is 16.1 Å². The van der Waals surface area contributed by atoms with Gasteiger partial charge in [-0.15, -0.1) is 11.3 Å². The minimum absolute atomic E-state index is 0.612. The maximum Gasteiger partial charge on any atom is 0.107 e. The third-order valence-corrected chi connectivity index (χ3v) is 4.50. The number of likely N-dealkylation sites (tertiary alicyclic amines) is 1. The van der Waals surface area contributed by atoms with E-state index in [4.69, 9.17) is 0 Å². The Balaban J connectivity index is 1.70. The molecule has 2 heterocycles. The second kappa shape index (κ2) is 6.64. The third-order valence-electron chi connectivity index (χ3n) is 3.55. The molecule has 0 unspecified atom stereocenters. The lowest BCUT2D eigenvalue weighted by Gasteiger charge is -2.31. The van der Waals surface area contributed by atoms with Crippen LogP contribution in [0.5, 0.6) is 0 Å². The fourth-order valence-electron chi connectivity index (χ4n) is 2.42. The van der Waals surface area contributed by atoms with Crippen molar-refractivity contribution in [1.82, 2.24) is 15.2 Å². The number of piperidine rings is 1. The Morgan fingerprint density at radius 1 is 1.44 bits per heavy atom. The lowest BCUT2D eigenvalue weighted by Crippen LogP contribution is -2.38. The fraction of sp³-hybridized carbons (Fsp3) is 0.786. The summed E-state index contributed by atoms with van der Waals surface area (Å²) in [6.07, 6.45) is 2.65. The maximum atomic E-state index is 4.55. The van der Waals surface area contributed by atoms with Crippen molar-refractivity contribution in [1.29, 1.82) is 0 Å².